The number of nitrogens with one attached hydrogen (secondary N) is 1. The predicted molar refractivity (Wildman–Crippen MR) is 84.5 cm³/mol. The molecular formula is C14H13Cl3N2. The molecule has 0 atom stereocenters. The van der Waals surface area contributed by atoms with Gasteiger partial charge in [-0.05, 0) is 36.2 Å². The van der Waals surface area contributed by atoms with E-state index in [0.29, 0.717) is 27.3 Å². The standard InChI is InChI=1S/C14H13Cl3N2/c15-10-5-4-9(12(17)8-10)6-7-19-13-3-1-2-11(16)14(13)18/h1-5,8,19H,6-7,18H2. The molecule has 0 aromatic heterocycles. The van der Waals surface area contributed by atoms with Crippen molar-refractivity contribution in [1.82, 2.24) is 0 Å². The Hall–Kier alpha value is -1.09. The number of rotatable bonds is 4. The highest BCUT2D eigenvalue weighted by Gasteiger charge is 2.04. The molecule has 0 aliphatic carbocycles. The molecule has 0 aliphatic heterocycles. The van der Waals surface area contributed by atoms with Crippen molar-refractivity contribution in [3.05, 3.63) is 57.0 Å². The molecule has 2 nitrogen and oxygen atoms in total. The van der Waals surface area contributed by atoms with Crippen molar-refractivity contribution >= 4 is 46.2 Å². The van der Waals surface area contributed by atoms with Crippen molar-refractivity contribution in [2.45, 2.75) is 6.42 Å². The summed E-state index contributed by atoms with van der Waals surface area (Å²) in [6, 6.07) is 11.0. The van der Waals surface area contributed by atoms with Crippen LogP contribution in [0.25, 0.3) is 0 Å². The van der Waals surface area contributed by atoms with E-state index in [-0.39, 0.29) is 0 Å². The van der Waals surface area contributed by atoms with Gasteiger partial charge in [-0.15, -0.1) is 0 Å². The van der Waals surface area contributed by atoms with Crippen molar-refractivity contribution < 1.29 is 0 Å². The predicted octanol–water partition coefficient (Wildman–Crippen LogP) is 4.88. The second-order valence-corrected chi connectivity index (χ2v) is 5.36. The topological polar surface area (TPSA) is 38.0 Å². The number of benzene rings is 2. The lowest BCUT2D eigenvalue weighted by atomic mass is 10.1. The van der Waals surface area contributed by atoms with E-state index in [2.05, 4.69) is 5.32 Å². The minimum atomic E-state index is 0.550. The highest BCUT2D eigenvalue weighted by Crippen LogP contribution is 2.27. The first-order chi connectivity index (χ1) is 9.08. The third kappa shape index (κ3) is 3.69. The Morgan fingerprint density at radius 1 is 1.00 bits per heavy atom. The van der Waals surface area contributed by atoms with Crippen LogP contribution in [-0.4, -0.2) is 6.54 Å². The summed E-state index contributed by atoms with van der Waals surface area (Å²) in [4.78, 5) is 0. The molecule has 2 rings (SSSR count). The maximum atomic E-state index is 6.11. The molecule has 0 heterocycles. The Balaban J connectivity index is 1.98. The van der Waals surface area contributed by atoms with Crippen molar-refractivity contribution in [3.63, 3.8) is 0 Å². The van der Waals surface area contributed by atoms with E-state index in [1.807, 2.05) is 24.3 Å². The smallest absolute Gasteiger partial charge is 0.0739 e. The lowest BCUT2D eigenvalue weighted by Gasteiger charge is -2.11. The van der Waals surface area contributed by atoms with E-state index in [9.17, 15) is 0 Å². The van der Waals surface area contributed by atoms with Crippen LogP contribution in [0.15, 0.2) is 36.4 Å². The van der Waals surface area contributed by atoms with Crippen LogP contribution in [0.5, 0.6) is 0 Å². The maximum Gasteiger partial charge on any atom is 0.0739 e. The number of anilines is 2. The number of hydrogen-bond acceptors (Lipinski definition) is 2. The fraction of sp³-hybridized carbons (Fsp3) is 0.143. The van der Waals surface area contributed by atoms with Crippen molar-refractivity contribution in [2.75, 3.05) is 17.6 Å². The molecule has 0 saturated carbocycles. The first kappa shape index (κ1) is 14.3. The average Bonchev–Trinajstić information content (AvgIpc) is 2.37. The van der Waals surface area contributed by atoms with Gasteiger partial charge < -0.3 is 11.1 Å². The summed E-state index contributed by atoms with van der Waals surface area (Å²) >= 11 is 17.9. The van der Waals surface area contributed by atoms with Crippen LogP contribution in [0.4, 0.5) is 11.4 Å². The zero-order valence-electron chi connectivity index (χ0n) is 10.1. The minimum Gasteiger partial charge on any atom is -0.396 e. The van der Waals surface area contributed by atoms with Crippen LogP contribution in [0, 0.1) is 0 Å². The van der Waals surface area contributed by atoms with Crippen LogP contribution in [0.2, 0.25) is 15.1 Å². The Bertz CT molecular complexity index is 585. The quantitative estimate of drug-likeness (QED) is 0.789. The largest absolute Gasteiger partial charge is 0.396 e. The summed E-state index contributed by atoms with van der Waals surface area (Å²) in [6.45, 7) is 0.714. The number of hydrogen-bond donors (Lipinski definition) is 2. The highest BCUT2D eigenvalue weighted by molar-refractivity contribution is 6.35. The number of para-hydroxylation sites is 1. The molecular weight excluding hydrogens is 303 g/mol. The summed E-state index contributed by atoms with van der Waals surface area (Å²) in [5.74, 6) is 0. The van der Waals surface area contributed by atoms with Crippen molar-refractivity contribution in [3.8, 4) is 0 Å². The second kappa shape index (κ2) is 6.38. The summed E-state index contributed by atoms with van der Waals surface area (Å²) in [6.07, 6.45) is 0.780. The van der Waals surface area contributed by atoms with E-state index >= 15 is 0 Å². The summed E-state index contributed by atoms with van der Waals surface area (Å²) < 4.78 is 0. The fourth-order valence-corrected chi connectivity index (χ4v) is 2.42. The maximum absolute atomic E-state index is 6.11. The van der Waals surface area contributed by atoms with Gasteiger partial charge in [0.25, 0.3) is 0 Å². The molecule has 0 spiro atoms. The lowest BCUT2D eigenvalue weighted by molar-refractivity contribution is 1.02. The zero-order valence-corrected chi connectivity index (χ0v) is 12.4. The van der Waals surface area contributed by atoms with E-state index in [0.717, 1.165) is 17.7 Å². The molecule has 100 valence electrons. The summed E-state index contributed by atoms with van der Waals surface area (Å²) in [7, 11) is 0. The Kier molecular flexibility index (Phi) is 4.81. The SMILES string of the molecule is Nc1c(Cl)cccc1NCCc1ccc(Cl)cc1Cl. The normalized spacial score (nSPS) is 10.5. The van der Waals surface area contributed by atoms with Crippen LogP contribution < -0.4 is 11.1 Å². The molecule has 19 heavy (non-hydrogen) atoms. The van der Waals surface area contributed by atoms with E-state index < -0.39 is 0 Å². The molecule has 0 saturated heterocycles. The van der Waals surface area contributed by atoms with Gasteiger partial charge in [0.1, 0.15) is 0 Å². The average molecular weight is 316 g/mol. The lowest BCUT2D eigenvalue weighted by Crippen LogP contribution is -2.07. The van der Waals surface area contributed by atoms with Gasteiger partial charge in [-0.25, -0.2) is 0 Å². The van der Waals surface area contributed by atoms with Gasteiger partial charge in [-0.1, -0.05) is 46.9 Å². The van der Waals surface area contributed by atoms with E-state index in [1.54, 1.807) is 12.1 Å². The Morgan fingerprint density at radius 3 is 2.53 bits per heavy atom. The molecule has 5 heteroatoms. The Morgan fingerprint density at radius 2 is 1.79 bits per heavy atom. The van der Waals surface area contributed by atoms with Crippen LogP contribution in [-0.2, 0) is 6.42 Å². The molecule has 2 aromatic rings. The third-order valence-electron chi connectivity index (χ3n) is 2.78. The van der Waals surface area contributed by atoms with Gasteiger partial charge in [0.15, 0.2) is 0 Å². The van der Waals surface area contributed by atoms with Crippen molar-refractivity contribution in [2.24, 2.45) is 0 Å². The molecule has 0 fully saturated rings. The summed E-state index contributed by atoms with van der Waals surface area (Å²) in [5, 5.41) is 5.11. The first-order valence-corrected chi connectivity index (χ1v) is 6.93. The molecule has 0 radical (unpaired) electrons. The second-order valence-electron chi connectivity index (χ2n) is 4.11. The van der Waals surface area contributed by atoms with E-state index in [1.165, 1.54) is 0 Å². The van der Waals surface area contributed by atoms with Crippen LogP contribution >= 0.6 is 34.8 Å². The fourth-order valence-electron chi connectivity index (χ4n) is 1.75. The van der Waals surface area contributed by atoms with Gasteiger partial charge in [0, 0.05) is 16.6 Å². The van der Waals surface area contributed by atoms with Gasteiger partial charge >= 0.3 is 0 Å². The molecule has 0 amide bonds. The molecule has 0 aliphatic rings. The van der Waals surface area contributed by atoms with Gasteiger partial charge in [-0.2, -0.15) is 0 Å². The van der Waals surface area contributed by atoms with Gasteiger partial charge in [0.2, 0.25) is 0 Å². The molecule has 2 aromatic carbocycles. The monoisotopic (exact) mass is 314 g/mol. The van der Waals surface area contributed by atoms with E-state index in [4.69, 9.17) is 40.5 Å². The molecule has 0 unspecified atom stereocenters. The minimum absolute atomic E-state index is 0.550. The Labute approximate surface area is 127 Å². The molecule has 0 bridgehead atoms. The number of nitrogen functional groups attached to an aromatic ring is 1. The number of nitrogens with two attached hydrogens (primary N) is 1. The third-order valence-corrected chi connectivity index (χ3v) is 3.69. The van der Waals surface area contributed by atoms with Crippen LogP contribution in [0.1, 0.15) is 5.56 Å². The first-order valence-electron chi connectivity index (χ1n) is 5.79. The molecule has 3 N–H and O–H groups in total. The highest BCUT2D eigenvalue weighted by atomic mass is 35.5. The summed E-state index contributed by atoms with van der Waals surface area (Å²) in [5.41, 5.74) is 8.31. The van der Waals surface area contributed by atoms with Crippen molar-refractivity contribution in [1.29, 1.82) is 0 Å². The van der Waals surface area contributed by atoms with Gasteiger partial charge in [-0.3, -0.25) is 0 Å². The zero-order chi connectivity index (χ0) is 13.8. The van der Waals surface area contributed by atoms with Gasteiger partial charge in [0.05, 0.1) is 16.4 Å². The van der Waals surface area contributed by atoms with Crippen LogP contribution in [0.3, 0.4) is 0 Å². The number of halogens is 3.